The summed E-state index contributed by atoms with van der Waals surface area (Å²) in [6.45, 7) is 7.22. The van der Waals surface area contributed by atoms with Crippen LogP contribution in [0.5, 0.6) is 0 Å². The van der Waals surface area contributed by atoms with Gasteiger partial charge in [0, 0.05) is 16.8 Å². The van der Waals surface area contributed by atoms with E-state index in [9.17, 15) is 9.59 Å². The lowest BCUT2D eigenvalue weighted by molar-refractivity contribution is -0.122. The first-order valence-corrected chi connectivity index (χ1v) is 11.2. The number of para-hydroxylation sites is 2. The molecule has 0 radical (unpaired) electrons. The first kappa shape index (κ1) is 20.6. The second kappa shape index (κ2) is 8.25. The molecule has 1 fully saturated rings. The number of hydrogen-bond donors (Lipinski definition) is 1. The topological polar surface area (TPSA) is 51.1 Å². The number of nitrogens with one attached hydrogen (secondary N) is 1. The third-order valence-corrected chi connectivity index (χ3v) is 7.29. The maximum Gasteiger partial charge on any atom is 0.240 e. The van der Waals surface area contributed by atoms with Crippen molar-refractivity contribution < 1.29 is 4.79 Å². The normalized spacial score (nSPS) is 19.8. The highest BCUT2D eigenvalue weighted by atomic mass is 16.2. The van der Waals surface area contributed by atoms with Crippen LogP contribution in [0.25, 0.3) is 21.8 Å². The minimum Gasteiger partial charge on any atom is -0.352 e. The lowest BCUT2D eigenvalue weighted by Gasteiger charge is -2.39. The zero-order valence-electron chi connectivity index (χ0n) is 18.3. The molecule has 30 heavy (non-hydrogen) atoms. The average molecular weight is 405 g/mol. The number of aromatic nitrogens is 1. The molecule has 1 saturated carbocycles. The van der Waals surface area contributed by atoms with Crippen LogP contribution in [0.1, 0.15) is 52.9 Å². The molecule has 0 bridgehead atoms. The van der Waals surface area contributed by atoms with Gasteiger partial charge < -0.3 is 9.88 Å². The molecule has 158 valence electrons. The monoisotopic (exact) mass is 404 g/mol. The number of nitrogens with zero attached hydrogens (tertiary/aromatic N) is 1. The van der Waals surface area contributed by atoms with Crippen molar-refractivity contribution >= 4 is 27.7 Å². The molecule has 1 aliphatic carbocycles. The molecule has 1 N–H and O–H groups in total. The van der Waals surface area contributed by atoms with E-state index in [0.29, 0.717) is 16.2 Å². The minimum atomic E-state index is 0.0205. The van der Waals surface area contributed by atoms with Gasteiger partial charge in [0.15, 0.2) is 5.43 Å². The summed E-state index contributed by atoms with van der Waals surface area (Å²) in [7, 11) is 0. The maximum absolute atomic E-state index is 13.0. The number of carbonyl (C=O) groups is 1. The Morgan fingerprint density at radius 1 is 0.967 bits per heavy atom. The van der Waals surface area contributed by atoms with Gasteiger partial charge in [0.2, 0.25) is 5.91 Å². The molecule has 0 unspecified atom stereocenters. The molecule has 0 saturated heterocycles. The summed E-state index contributed by atoms with van der Waals surface area (Å²) in [6.07, 6.45) is 5.64. The van der Waals surface area contributed by atoms with Crippen molar-refractivity contribution in [1.29, 1.82) is 0 Å². The highest BCUT2D eigenvalue weighted by molar-refractivity contribution is 5.94. The van der Waals surface area contributed by atoms with Crippen molar-refractivity contribution in [1.82, 2.24) is 9.88 Å². The van der Waals surface area contributed by atoms with Gasteiger partial charge in [-0.1, -0.05) is 51.5 Å². The summed E-state index contributed by atoms with van der Waals surface area (Å²) in [6, 6.07) is 15.4. The molecule has 2 aromatic carbocycles. The molecule has 1 heterocycles. The van der Waals surface area contributed by atoms with Gasteiger partial charge in [0.25, 0.3) is 0 Å². The molecule has 0 spiro atoms. The average Bonchev–Trinajstić information content (AvgIpc) is 2.77. The Bertz CT molecular complexity index is 1060. The van der Waals surface area contributed by atoms with Crippen LogP contribution in [0.3, 0.4) is 0 Å². The fourth-order valence-corrected chi connectivity index (χ4v) is 4.97. The van der Waals surface area contributed by atoms with Gasteiger partial charge in [-0.2, -0.15) is 0 Å². The van der Waals surface area contributed by atoms with E-state index in [0.717, 1.165) is 29.8 Å². The Hall–Kier alpha value is -2.62. The third kappa shape index (κ3) is 3.88. The predicted octanol–water partition coefficient (Wildman–Crippen LogP) is 5.27. The number of pyridine rings is 1. The van der Waals surface area contributed by atoms with E-state index in [4.69, 9.17) is 0 Å². The summed E-state index contributed by atoms with van der Waals surface area (Å²) >= 11 is 0. The van der Waals surface area contributed by atoms with E-state index in [2.05, 4.69) is 26.1 Å². The van der Waals surface area contributed by atoms with Crippen LogP contribution in [0.2, 0.25) is 0 Å². The van der Waals surface area contributed by atoms with Gasteiger partial charge in [0.1, 0.15) is 6.54 Å². The maximum atomic E-state index is 13.0. The van der Waals surface area contributed by atoms with Crippen LogP contribution in [0.15, 0.2) is 53.3 Å². The van der Waals surface area contributed by atoms with Crippen LogP contribution in [-0.2, 0) is 11.3 Å². The number of rotatable bonds is 5. The van der Waals surface area contributed by atoms with Crippen molar-refractivity contribution in [3.8, 4) is 0 Å². The van der Waals surface area contributed by atoms with Gasteiger partial charge in [-0.05, 0) is 61.3 Å². The Kier molecular flexibility index (Phi) is 5.68. The summed E-state index contributed by atoms with van der Waals surface area (Å²) < 4.78 is 1.98. The van der Waals surface area contributed by atoms with Crippen LogP contribution in [0.4, 0.5) is 0 Å². The predicted molar refractivity (Wildman–Crippen MR) is 124 cm³/mol. The first-order valence-electron chi connectivity index (χ1n) is 11.2. The lowest BCUT2D eigenvalue weighted by atomic mass is 9.69. The standard InChI is InChI=1S/C26H32N2O2/c1-4-26(2,3)18-13-15-19(16-14-18)27-24(29)17-28-22-11-7-5-9-20(22)25(30)21-10-6-8-12-23(21)28/h5-12,18-19H,4,13-17H2,1-3H3,(H,27,29). The number of hydrogen-bond acceptors (Lipinski definition) is 2. The van der Waals surface area contributed by atoms with E-state index < -0.39 is 0 Å². The highest BCUT2D eigenvalue weighted by Crippen LogP contribution is 2.40. The SMILES string of the molecule is CCC(C)(C)C1CCC(NC(=O)Cn2c3ccccc3c(=O)c3ccccc32)CC1. The Labute approximate surface area is 178 Å². The van der Waals surface area contributed by atoms with E-state index in [1.807, 2.05) is 53.1 Å². The fourth-order valence-electron chi connectivity index (χ4n) is 4.97. The van der Waals surface area contributed by atoms with Crippen LogP contribution < -0.4 is 10.7 Å². The molecule has 3 aromatic rings. The highest BCUT2D eigenvalue weighted by Gasteiger charge is 2.32. The molecular formula is C26H32N2O2. The van der Waals surface area contributed by atoms with E-state index in [1.54, 1.807) is 0 Å². The van der Waals surface area contributed by atoms with Crippen molar-refractivity contribution in [2.75, 3.05) is 0 Å². The second-order valence-electron chi connectivity index (χ2n) is 9.41. The van der Waals surface area contributed by atoms with Crippen molar-refractivity contribution in [3.63, 3.8) is 0 Å². The summed E-state index contributed by atoms with van der Waals surface area (Å²) in [5.41, 5.74) is 2.02. The molecule has 1 aliphatic rings. The van der Waals surface area contributed by atoms with E-state index >= 15 is 0 Å². The summed E-state index contributed by atoms with van der Waals surface area (Å²) in [4.78, 5) is 25.8. The molecule has 4 nitrogen and oxygen atoms in total. The Balaban J connectivity index is 1.54. The molecular weight excluding hydrogens is 372 g/mol. The Morgan fingerprint density at radius 3 is 2.03 bits per heavy atom. The fraction of sp³-hybridized carbons (Fsp3) is 0.462. The number of carbonyl (C=O) groups excluding carboxylic acids is 1. The molecule has 1 amide bonds. The smallest absolute Gasteiger partial charge is 0.240 e. The first-order chi connectivity index (χ1) is 14.4. The lowest BCUT2D eigenvalue weighted by Crippen LogP contribution is -2.41. The molecule has 4 heteroatoms. The van der Waals surface area contributed by atoms with Crippen LogP contribution in [0, 0.1) is 11.3 Å². The van der Waals surface area contributed by atoms with Gasteiger partial charge in [-0.3, -0.25) is 9.59 Å². The minimum absolute atomic E-state index is 0.0205. The Morgan fingerprint density at radius 2 is 1.50 bits per heavy atom. The number of fused-ring (bicyclic) bond motifs is 2. The third-order valence-electron chi connectivity index (χ3n) is 7.29. The molecule has 0 aliphatic heterocycles. The quantitative estimate of drug-likeness (QED) is 0.589. The van der Waals surface area contributed by atoms with E-state index in [-0.39, 0.29) is 23.9 Å². The molecule has 0 atom stereocenters. The zero-order chi connectivity index (χ0) is 21.3. The van der Waals surface area contributed by atoms with Gasteiger partial charge >= 0.3 is 0 Å². The van der Waals surface area contributed by atoms with Crippen LogP contribution >= 0.6 is 0 Å². The molecule has 1 aromatic heterocycles. The summed E-state index contributed by atoms with van der Waals surface area (Å²) in [5.74, 6) is 0.759. The van der Waals surface area contributed by atoms with E-state index in [1.165, 1.54) is 19.3 Å². The largest absolute Gasteiger partial charge is 0.352 e. The summed E-state index contributed by atoms with van der Waals surface area (Å²) in [5, 5.41) is 4.58. The second-order valence-corrected chi connectivity index (χ2v) is 9.41. The van der Waals surface area contributed by atoms with Crippen molar-refractivity contribution in [2.45, 2.75) is 65.5 Å². The van der Waals surface area contributed by atoms with Crippen molar-refractivity contribution in [3.05, 3.63) is 58.8 Å². The number of benzene rings is 2. The van der Waals surface area contributed by atoms with Crippen LogP contribution in [-0.4, -0.2) is 16.5 Å². The van der Waals surface area contributed by atoms with Crippen molar-refractivity contribution in [2.24, 2.45) is 11.3 Å². The zero-order valence-corrected chi connectivity index (χ0v) is 18.3. The van der Waals surface area contributed by atoms with Gasteiger partial charge in [0.05, 0.1) is 11.0 Å². The van der Waals surface area contributed by atoms with Gasteiger partial charge in [-0.25, -0.2) is 0 Å². The molecule has 4 rings (SSSR count). The number of amides is 1. The van der Waals surface area contributed by atoms with Gasteiger partial charge in [-0.15, -0.1) is 0 Å².